The second kappa shape index (κ2) is 10.7. The molecule has 0 spiro atoms. The lowest BCUT2D eigenvalue weighted by Crippen LogP contribution is -2.14. The Labute approximate surface area is 187 Å². The number of hydrogen-bond donors (Lipinski definition) is 1. The maximum atomic E-state index is 12.3. The maximum Gasteiger partial charge on any atom is 0.344 e. The molecule has 2 rings (SSSR count). The van der Waals surface area contributed by atoms with E-state index in [1.165, 1.54) is 0 Å². The third kappa shape index (κ3) is 5.53. The lowest BCUT2D eigenvalue weighted by atomic mass is 10.1. The molecule has 1 aromatic rings. The summed E-state index contributed by atoms with van der Waals surface area (Å²) < 4.78 is 16.9. The van der Waals surface area contributed by atoms with Crippen LogP contribution < -0.4 is 9.47 Å². The van der Waals surface area contributed by atoms with Crippen molar-refractivity contribution in [3.63, 3.8) is 0 Å². The van der Waals surface area contributed by atoms with Crippen LogP contribution in [0.15, 0.2) is 33.4 Å². The summed E-state index contributed by atoms with van der Waals surface area (Å²) in [5.74, 6) is -0.181. The van der Waals surface area contributed by atoms with E-state index >= 15 is 0 Å². The molecule has 0 saturated carbocycles. The molecule has 0 bridgehead atoms. The van der Waals surface area contributed by atoms with Gasteiger partial charge in [-0.25, -0.2) is 9.79 Å². The number of thioether (sulfide) groups is 1. The van der Waals surface area contributed by atoms with Gasteiger partial charge in [0.25, 0.3) is 0 Å². The quantitative estimate of drug-likeness (QED) is 0.409. The van der Waals surface area contributed by atoms with Crippen LogP contribution >= 0.6 is 34.4 Å². The van der Waals surface area contributed by atoms with Crippen molar-refractivity contribution in [2.75, 3.05) is 20.3 Å². The van der Waals surface area contributed by atoms with Crippen molar-refractivity contribution in [1.29, 1.82) is 0 Å². The van der Waals surface area contributed by atoms with Crippen LogP contribution in [0.4, 0.5) is 0 Å². The van der Waals surface area contributed by atoms with Gasteiger partial charge in [0.15, 0.2) is 11.5 Å². The number of halogens is 1. The highest BCUT2D eigenvalue weighted by Crippen LogP contribution is 2.41. The lowest BCUT2D eigenvalue weighted by molar-refractivity contribution is -0.138. The fourth-order valence-corrected chi connectivity index (χ4v) is 4.26. The standard InChI is InChI=1S/C20H22INO6S/c1-5-15(23)22-19-16(20(25)28-7-3)17(24)14(29-19)10-11-8-12(21)18(27-6-2)13(9-11)26-4/h8-10,24H,5-7H2,1-4H3/b14-10-,22-19?. The summed E-state index contributed by atoms with van der Waals surface area (Å²) in [4.78, 5) is 28.4. The molecule has 7 nitrogen and oxygen atoms in total. The van der Waals surface area contributed by atoms with Crippen molar-refractivity contribution in [3.8, 4) is 11.5 Å². The summed E-state index contributed by atoms with van der Waals surface area (Å²) in [6, 6.07) is 3.63. The van der Waals surface area contributed by atoms with E-state index in [1.807, 2.05) is 13.0 Å². The van der Waals surface area contributed by atoms with Gasteiger partial charge in [0, 0.05) is 6.42 Å². The summed E-state index contributed by atoms with van der Waals surface area (Å²) in [5.41, 5.74) is 0.632. The van der Waals surface area contributed by atoms with Crippen LogP contribution in [0.1, 0.15) is 32.8 Å². The minimum absolute atomic E-state index is 0.0995. The van der Waals surface area contributed by atoms with Crippen molar-refractivity contribution in [2.45, 2.75) is 27.2 Å². The highest BCUT2D eigenvalue weighted by atomic mass is 127. The number of aliphatic hydroxyl groups excluding tert-OH is 1. The van der Waals surface area contributed by atoms with Gasteiger partial charge in [0.05, 0.1) is 28.8 Å². The first-order valence-electron chi connectivity index (χ1n) is 8.98. The minimum atomic E-state index is -0.720. The highest BCUT2D eigenvalue weighted by molar-refractivity contribution is 14.1. The second-order valence-corrected chi connectivity index (χ2v) is 7.88. The molecule has 0 unspecified atom stereocenters. The number of carbonyl (C=O) groups excluding carboxylic acids is 2. The Balaban J connectivity index is 2.52. The zero-order valence-corrected chi connectivity index (χ0v) is 19.5. The third-order valence-corrected chi connectivity index (χ3v) is 5.56. The number of amides is 1. The first-order valence-corrected chi connectivity index (χ1v) is 10.9. The number of esters is 1. The molecule has 0 saturated heterocycles. The monoisotopic (exact) mass is 531 g/mol. The fraction of sp³-hybridized carbons (Fsp3) is 0.350. The number of nitrogens with zero attached hydrogens (tertiary/aromatic N) is 1. The Bertz CT molecular complexity index is 906. The largest absolute Gasteiger partial charge is 0.506 e. The first kappa shape index (κ1) is 23.3. The SMILES string of the molecule is CCOC(=O)C1=C(O)/C(=C/c2cc(I)c(OCC)c(OC)c2)SC1=NC(=O)CC. The zero-order chi connectivity index (χ0) is 21.6. The van der Waals surface area contributed by atoms with E-state index in [1.54, 1.807) is 33.1 Å². The molecule has 9 heteroatoms. The average Bonchev–Trinajstić information content (AvgIpc) is 2.98. The molecule has 0 fully saturated rings. The number of aliphatic imine (C=N–C) groups is 1. The molecule has 1 heterocycles. The van der Waals surface area contributed by atoms with E-state index in [2.05, 4.69) is 27.6 Å². The smallest absolute Gasteiger partial charge is 0.344 e. The second-order valence-electron chi connectivity index (χ2n) is 5.69. The number of carbonyl (C=O) groups is 2. The van der Waals surface area contributed by atoms with Crippen LogP contribution in [0, 0.1) is 3.57 Å². The third-order valence-electron chi connectivity index (χ3n) is 3.74. The number of benzene rings is 1. The van der Waals surface area contributed by atoms with Crippen LogP contribution in [0.2, 0.25) is 0 Å². The van der Waals surface area contributed by atoms with Crippen LogP contribution in [-0.2, 0) is 14.3 Å². The molecule has 0 radical (unpaired) electrons. The van der Waals surface area contributed by atoms with E-state index in [9.17, 15) is 14.7 Å². The molecule has 0 aliphatic carbocycles. The van der Waals surface area contributed by atoms with Gasteiger partial charge in [0.1, 0.15) is 16.4 Å². The Morgan fingerprint density at radius 3 is 2.55 bits per heavy atom. The number of methoxy groups -OCH3 is 1. The molecule has 29 heavy (non-hydrogen) atoms. The van der Waals surface area contributed by atoms with Gasteiger partial charge in [-0.15, -0.1) is 0 Å². The molecule has 1 aromatic carbocycles. The van der Waals surface area contributed by atoms with E-state index in [4.69, 9.17) is 14.2 Å². The molecule has 156 valence electrons. The van der Waals surface area contributed by atoms with Gasteiger partial charge in [-0.1, -0.05) is 18.7 Å². The molecular formula is C20H22INO6S. The summed E-state index contributed by atoms with van der Waals surface area (Å²) in [6.45, 7) is 5.86. The zero-order valence-electron chi connectivity index (χ0n) is 16.6. The lowest BCUT2D eigenvalue weighted by Gasteiger charge is -2.12. The first-order chi connectivity index (χ1) is 13.9. The number of aliphatic hydroxyl groups is 1. The van der Waals surface area contributed by atoms with E-state index < -0.39 is 5.97 Å². The molecule has 1 aliphatic heterocycles. The Morgan fingerprint density at radius 1 is 1.24 bits per heavy atom. The predicted octanol–water partition coefficient (Wildman–Crippen LogP) is 4.50. The van der Waals surface area contributed by atoms with Crippen molar-refractivity contribution < 1.29 is 28.9 Å². The molecule has 1 amide bonds. The van der Waals surface area contributed by atoms with Crippen molar-refractivity contribution in [3.05, 3.63) is 37.5 Å². The minimum Gasteiger partial charge on any atom is -0.506 e. The summed E-state index contributed by atoms with van der Waals surface area (Å²) in [6.07, 6.45) is 1.88. The van der Waals surface area contributed by atoms with Gasteiger partial charge in [-0.2, -0.15) is 0 Å². The predicted molar refractivity (Wildman–Crippen MR) is 121 cm³/mol. The average molecular weight is 531 g/mol. The number of rotatable bonds is 7. The van der Waals surface area contributed by atoms with Crippen LogP contribution in [-0.4, -0.2) is 42.4 Å². The van der Waals surface area contributed by atoms with Gasteiger partial charge in [0.2, 0.25) is 5.91 Å². The summed E-state index contributed by atoms with van der Waals surface area (Å²) >= 11 is 3.19. The molecule has 1 aliphatic rings. The van der Waals surface area contributed by atoms with Gasteiger partial charge in [-0.05, 0) is 60.2 Å². The summed E-state index contributed by atoms with van der Waals surface area (Å²) in [5, 5.41) is 10.8. The van der Waals surface area contributed by atoms with Crippen molar-refractivity contribution in [2.24, 2.45) is 4.99 Å². The van der Waals surface area contributed by atoms with Crippen molar-refractivity contribution in [1.82, 2.24) is 0 Å². The van der Waals surface area contributed by atoms with Crippen LogP contribution in [0.3, 0.4) is 0 Å². The molecular weight excluding hydrogens is 509 g/mol. The van der Waals surface area contributed by atoms with E-state index in [-0.39, 0.29) is 35.3 Å². The summed E-state index contributed by atoms with van der Waals surface area (Å²) in [7, 11) is 1.55. The van der Waals surface area contributed by atoms with Gasteiger partial charge >= 0.3 is 5.97 Å². The van der Waals surface area contributed by atoms with Gasteiger partial charge < -0.3 is 19.3 Å². The van der Waals surface area contributed by atoms with Crippen LogP contribution in [0.25, 0.3) is 6.08 Å². The Hall–Kier alpha value is -2.01. The normalized spacial score (nSPS) is 16.4. The van der Waals surface area contributed by atoms with Crippen LogP contribution in [0.5, 0.6) is 11.5 Å². The van der Waals surface area contributed by atoms with Crippen molar-refractivity contribution >= 4 is 57.3 Å². The topological polar surface area (TPSA) is 94.4 Å². The van der Waals surface area contributed by atoms with E-state index in [0.717, 1.165) is 20.9 Å². The van der Waals surface area contributed by atoms with Gasteiger partial charge in [-0.3, -0.25) is 4.79 Å². The molecule has 0 atom stereocenters. The fourth-order valence-electron chi connectivity index (χ4n) is 2.44. The molecule has 0 aromatic heterocycles. The number of ether oxygens (including phenoxy) is 3. The maximum absolute atomic E-state index is 12.3. The highest BCUT2D eigenvalue weighted by Gasteiger charge is 2.33. The Kier molecular flexibility index (Phi) is 8.57. The van der Waals surface area contributed by atoms with E-state index in [0.29, 0.717) is 23.0 Å². The number of hydrogen-bond acceptors (Lipinski definition) is 7. The molecule has 1 N–H and O–H groups in total. The Morgan fingerprint density at radius 2 is 1.97 bits per heavy atom.